The zero-order chi connectivity index (χ0) is 39.8. The fourth-order valence-electron chi connectivity index (χ4n) is 11.2. The van der Waals surface area contributed by atoms with E-state index in [2.05, 4.69) is 197 Å². The molecule has 1 atom stereocenters. The summed E-state index contributed by atoms with van der Waals surface area (Å²) >= 11 is 0. The Labute approximate surface area is 351 Å². The Hall–Kier alpha value is -7.82. The van der Waals surface area contributed by atoms with Crippen LogP contribution in [-0.2, 0) is 6.42 Å². The largest absolute Gasteiger partial charge is 0.309 e. The molecule has 0 radical (unpaired) electrons. The highest BCUT2D eigenvalue weighted by molar-refractivity contribution is 6.25. The summed E-state index contributed by atoms with van der Waals surface area (Å²) in [5.74, 6) is 0.995. The summed E-state index contributed by atoms with van der Waals surface area (Å²) in [6.45, 7) is 0. The van der Waals surface area contributed by atoms with Crippen LogP contribution in [0.2, 0.25) is 0 Å². The molecular weight excluding hydrogens is 741 g/mol. The number of nitrogens with zero attached hydrogens (tertiary/aromatic N) is 4. The Morgan fingerprint density at radius 2 is 1.16 bits per heavy atom. The van der Waals surface area contributed by atoms with Gasteiger partial charge in [0.05, 0.1) is 33.3 Å². The van der Waals surface area contributed by atoms with Crippen molar-refractivity contribution in [1.29, 1.82) is 0 Å². The minimum Gasteiger partial charge on any atom is -0.309 e. The lowest BCUT2D eigenvalue weighted by Crippen LogP contribution is -2.07. The van der Waals surface area contributed by atoms with Gasteiger partial charge in [0.2, 0.25) is 5.95 Å². The van der Waals surface area contributed by atoms with E-state index in [9.17, 15) is 0 Å². The summed E-state index contributed by atoms with van der Waals surface area (Å²) in [6, 6.07) is 69.0. The highest BCUT2D eigenvalue weighted by atomic mass is 15.2. The Morgan fingerprint density at radius 1 is 0.459 bits per heavy atom. The van der Waals surface area contributed by atoms with Gasteiger partial charge in [0, 0.05) is 49.7 Å². The summed E-state index contributed by atoms with van der Waals surface area (Å²) in [7, 11) is 0. The molecule has 0 saturated heterocycles. The van der Waals surface area contributed by atoms with Gasteiger partial charge in [0.25, 0.3) is 0 Å². The highest BCUT2D eigenvalue weighted by Gasteiger charge is 2.34. The third kappa shape index (κ3) is 4.54. The fourth-order valence-corrected chi connectivity index (χ4v) is 11.2. The summed E-state index contributed by atoms with van der Waals surface area (Å²) < 4.78 is 4.79. The predicted octanol–water partition coefficient (Wildman–Crippen LogP) is 14.4. The van der Waals surface area contributed by atoms with Crippen molar-refractivity contribution >= 4 is 65.3 Å². The molecule has 2 bridgehead atoms. The lowest BCUT2D eigenvalue weighted by molar-refractivity contribution is 0.736. The summed E-state index contributed by atoms with van der Waals surface area (Å²) in [5.41, 5.74) is 18.2. The molecule has 0 amide bonds. The van der Waals surface area contributed by atoms with Crippen LogP contribution in [0.5, 0.6) is 0 Å². The van der Waals surface area contributed by atoms with Gasteiger partial charge in [-0.15, -0.1) is 0 Å². The molecule has 4 heteroatoms. The van der Waals surface area contributed by atoms with Crippen molar-refractivity contribution in [2.75, 3.05) is 0 Å². The average molecular weight is 777 g/mol. The highest BCUT2D eigenvalue weighted by Crippen LogP contribution is 2.54. The molecule has 0 saturated carbocycles. The van der Waals surface area contributed by atoms with Crippen LogP contribution in [0.4, 0.5) is 0 Å². The normalized spacial score (nSPS) is 14.3. The first-order chi connectivity index (χ1) is 30.3. The van der Waals surface area contributed by atoms with Crippen molar-refractivity contribution in [3.8, 4) is 45.1 Å². The SMILES string of the molecule is c1ccc(-n2c3ccccc3c3ccc(-c4nc(-n5c6ccc7ccccc7c6c6cc7c8c(c65)-c5ccccc5C(CC8)c5ccccc5-7)nc5ccccc45)cc32)cc1. The summed E-state index contributed by atoms with van der Waals surface area (Å²) in [5, 5.41) is 8.41. The van der Waals surface area contributed by atoms with Crippen LogP contribution in [-0.4, -0.2) is 19.1 Å². The van der Waals surface area contributed by atoms with E-state index in [4.69, 9.17) is 9.97 Å². The molecule has 1 unspecified atom stereocenters. The van der Waals surface area contributed by atoms with Gasteiger partial charge in [-0.1, -0.05) is 146 Å². The molecule has 0 spiro atoms. The number of benzene rings is 9. The van der Waals surface area contributed by atoms with Crippen LogP contribution in [0, 0.1) is 0 Å². The van der Waals surface area contributed by atoms with Gasteiger partial charge in [0.1, 0.15) is 0 Å². The van der Waals surface area contributed by atoms with Gasteiger partial charge in [-0.05, 0) is 99.5 Å². The molecule has 4 nitrogen and oxygen atoms in total. The van der Waals surface area contributed by atoms with Crippen molar-refractivity contribution in [3.63, 3.8) is 0 Å². The first-order valence-corrected chi connectivity index (χ1v) is 21.3. The van der Waals surface area contributed by atoms with Crippen LogP contribution in [0.3, 0.4) is 0 Å². The second kappa shape index (κ2) is 12.4. The Balaban J connectivity index is 1.13. The van der Waals surface area contributed by atoms with E-state index in [0.29, 0.717) is 11.9 Å². The van der Waals surface area contributed by atoms with E-state index in [1.807, 2.05) is 0 Å². The topological polar surface area (TPSA) is 35.6 Å². The molecule has 12 aromatic rings. The predicted molar refractivity (Wildman–Crippen MR) is 252 cm³/mol. The Kier molecular flexibility index (Phi) is 6.70. The molecule has 0 aliphatic heterocycles. The number of fused-ring (bicyclic) bond motifs is 18. The smallest absolute Gasteiger partial charge is 0.235 e. The van der Waals surface area contributed by atoms with Crippen molar-refractivity contribution in [2.24, 2.45) is 0 Å². The Morgan fingerprint density at radius 3 is 2.05 bits per heavy atom. The molecule has 2 aliphatic carbocycles. The molecule has 14 rings (SSSR count). The lowest BCUT2D eigenvalue weighted by atomic mass is 9.80. The monoisotopic (exact) mass is 776 g/mol. The van der Waals surface area contributed by atoms with Crippen LogP contribution < -0.4 is 0 Å². The number of hydrogen-bond donors (Lipinski definition) is 0. The standard InChI is InChI=1S/C57H36N4/c1-2-15-36(16-3-1)60-50-25-13-11-21-42(50)43-28-26-35(32-52(43)60)55-46-23-10-12-24-49(46)58-57(59-55)61-51-31-27-34-14-4-5-17-37(34)53(51)48-33-47-40-20-7-6-18-38(40)41-29-30-45(47)54(56(48)61)44-22-9-8-19-39(41)44/h1-28,31-33,41H,29-30H2. The molecule has 2 aliphatic rings. The van der Waals surface area contributed by atoms with E-state index < -0.39 is 0 Å². The van der Waals surface area contributed by atoms with E-state index in [-0.39, 0.29) is 0 Å². The van der Waals surface area contributed by atoms with Gasteiger partial charge in [-0.3, -0.25) is 4.57 Å². The quantitative estimate of drug-likeness (QED) is 0.179. The van der Waals surface area contributed by atoms with Gasteiger partial charge >= 0.3 is 0 Å². The van der Waals surface area contributed by atoms with E-state index in [0.717, 1.165) is 51.7 Å². The maximum atomic E-state index is 5.72. The van der Waals surface area contributed by atoms with Gasteiger partial charge in [-0.25, -0.2) is 9.97 Å². The zero-order valence-electron chi connectivity index (χ0n) is 33.2. The van der Waals surface area contributed by atoms with Crippen molar-refractivity contribution in [3.05, 3.63) is 205 Å². The van der Waals surface area contributed by atoms with Crippen LogP contribution in [0.15, 0.2) is 188 Å². The first-order valence-electron chi connectivity index (χ1n) is 21.3. The van der Waals surface area contributed by atoms with E-state index in [1.54, 1.807) is 0 Å². The lowest BCUT2D eigenvalue weighted by Gasteiger charge is -2.24. The fraction of sp³-hybridized carbons (Fsp3) is 0.0526. The van der Waals surface area contributed by atoms with Crippen LogP contribution >= 0.6 is 0 Å². The van der Waals surface area contributed by atoms with Crippen LogP contribution in [0.1, 0.15) is 29.0 Å². The number of aromatic nitrogens is 4. The van der Waals surface area contributed by atoms with Crippen LogP contribution in [0.25, 0.3) is 110 Å². The number of para-hydroxylation sites is 3. The minimum absolute atomic E-state index is 0.316. The second-order valence-corrected chi connectivity index (χ2v) is 16.8. The third-order valence-corrected chi connectivity index (χ3v) is 13.7. The molecule has 3 aromatic heterocycles. The summed E-state index contributed by atoms with van der Waals surface area (Å²) in [4.78, 5) is 11.2. The van der Waals surface area contributed by atoms with Crippen molar-refractivity contribution < 1.29 is 0 Å². The molecule has 3 heterocycles. The number of rotatable bonds is 3. The first kappa shape index (κ1) is 33.1. The van der Waals surface area contributed by atoms with Gasteiger partial charge in [-0.2, -0.15) is 0 Å². The van der Waals surface area contributed by atoms with E-state index in [1.165, 1.54) is 82.3 Å². The van der Waals surface area contributed by atoms with E-state index >= 15 is 0 Å². The van der Waals surface area contributed by atoms with Gasteiger partial charge < -0.3 is 4.57 Å². The van der Waals surface area contributed by atoms with Crippen molar-refractivity contribution in [2.45, 2.75) is 18.8 Å². The maximum absolute atomic E-state index is 5.72. The molecule has 0 N–H and O–H groups in total. The maximum Gasteiger partial charge on any atom is 0.235 e. The van der Waals surface area contributed by atoms with Crippen molar-refractivity contribution in [1.82, 2.24) is 19.1 Å². The number of hydrogen-bond acceptors (Lipinski definition) is 2. The second-order valence-electron chi connectivity index (χ2n) is 16.8. The third-order valence-electron chi connectivity index (χ3n) is 13.7. The molecule has 9 aromatic carbocycles. The average Bonchev–Trinajstić information content (AvgIpc) is 3.70. The summed E-state index contributed by atoms with van der Waals surface area (Å²) in [6.07, 6.45) is 2.07. The molecule has 284 valence electrons. The van der Waals surface area contributed by atoms with Gasteiger partial charge in [0.15, 0.2) is 0 Å². The zero-order valence-corrected chi connectivity index (χ0v) is 33.2. The Bertz CT molecular complexity index is 3830. The molecule has 61 heavy (non-hydrogen) atoms. The minimum atomic E-state index is 0.316. The molecule has 0 fully saturated rings. The molecular formula is C57H36N4.